The van der Waals surface area contributed by atoms with Gasteiger partial charge < -0.3 is 19.8 Å². The third-order valence-corrected chi connectivity index (χ3v) is 6.89. The summed E-state index contributed by atoms with van der Waals surface area (Å²) in [4.78, 5) is 43.9. The molecule has 0 saturated heterocycles. The number of methoxy groups -OCH3 is 1. The van der Waals surface area contributed by atoms with Gasteiger partial charge in [-0.2, -0.15) is 0 Å². The molecular weight excluding hydrogens is 512 g/mol. The fraction of sp³-hybridized carbons (Fsp3) is 0.154. The maximum atomic E-state index is 12.7. The van der Waals surface area contributed by atoms with Crippen molar-refractivity contribution < 1.29 is 32.3 Å². The SMILES string of the molecule is COc1ccc(-c2nc3ccc(C(=O)OC(C)C(=O)Nc4ccc(S(=O)(=O)NC(C)=O)cc4)cc3[nH]2)cc1. The Balaban J connectivity index is 1.40. The van der Waals surface area contributed by atoms with Gasteiger partial charge in [-0.1, -0.05) is 0 Å². The van der Waals surface area contributed by atoms with Crippen molar-refractivity contribution in [3.05, 3.63) is 72.3 Å². The molecule has 4 rings (SSSR count). The first-order valence-electron chi connectivity index (χ1n) is 11.4. The number of ether oxygens (including phenoxy) is 2. The van der Waals surface area contributed by atoms with Crippen LogP contribution in [0.15, 0.2) is 71.6 Å². The van der Waals surface area contributed by atoms with Crippen LogP contribution >= 0.6 is 0 Å². The van der Waals surface area contributed by atoms with E-state index in [1.165, 1.54) is 31.2 Å². The van der Waals surface area contributed by atoms with Crippen LogP contribution in [-0.4, -0.2) is 49.4 Å². The lowest BCUT2D eigenvalue weighted by Gasteiger charge is -2.14. The van der Waals surface area contributed by atoms with Gasteiger partial charge in [0, 0.05) is 18.2 Å². The molecule has 2 amide bonds. The third-order valence-electron chi connectivity index (χ3n) is 5.44. The molecule has 3 aromatic carbocycles. The molecule has 38 heavy (non-hydrogen) atoms. The summed E-state index contributed by atoms with van der Waals surface area (Å²) in [7, 11) is -2.41. The average Bonchev–Trinajstić information content (AvgIpc) is 3.31. The zero-order valence-corrected chi connectivity index (χ0v) is 21.5. The number of esters is 1. The number of imidazole rings is 1. The fourth-order valence-corrected chi connectivity index (χ4v) is 4.50. The Morgan fingerprint density at radius 2 is 1.66 bits per heavy atom. The molecule has 0 aliphatic carbocycles. The molecule has 0 aliphatic heterocycles. The number of carbonyl (C=O) groups is 3. The van der Waals surface area contributed by atoms with Gasteiger partial charge in [0.25, 0.3) is 15.9 Å². The van der Waals surface area contributed by atoms with Crippen LogP contribution in [0, 0.1) is 0 Å². The molecule has 196 valence electrons. The molecule has 0 fully saturated rings. The van der Waals surface area contributed by atoms with Gasteiger partial charge in [-0.05, 0) is 73.7 Å². The predicted molar refractivity (Wildman–Crippen MR) is 139 cm³/mol. The summed E-state index contributed by atoms with van der Waals surface area (Å²) < 4.78 is 36.4. The number of hydrogen-bond acceptors (Lipinski definition) is 8. The number of aromatic amines is 1. The first kappa shape index (κ1) is 26.4. The Hall–Kier alpha value is -4.71. The van der Waals surface area contributed by atoms with Crippen LogP contribution in [0.2, 0.25) is 0 Å². The van der Waals surface area contributed by atoms with Crippen molar-refractivity contribution in [2.45, 2.75) is 24.8 Å². The van der Waals surface area contributed by atoms with E-state index in [1.54, 1.807) is 25.3 Å². The molecule has 0 radical (unpaired) electrons. The van der Waals surface area contributed by atoms with Gasteiger partial charge in [0.05, 0.1) is 28.6 Å². The highest BCUT2D eigenvalue weighted by Crippen LogP contribution is 2.24. The summed E-state index contributed by atoms with van der Waals surface area (Å²) >= 11 is 0. The van der Waals surface area contributed by atoms with E-state index in [-0.39, 0.29) is 16.1 Å². The van der Waals surface area contributed by atoms with Crippen molar-refractivity contribution >= 4 is 44.5 Å². The quantitative estimate of drug-likeness (QED) is 0.290. The van der Waals surface area contributed by atoms with E-state index >= 15 is 0 Å². The highest BCUT2D eigenvalue weighted by Gasteiger charge is 2.21. The van der Waals surface area contributed by atoms with Crippen LogP contribution in [-0.2, 0) is 24.3 Å². The lowest BCUT2D eigenvalue weighted by Crippen LogP contribution is -2.30. The van der Waals surface area contributed by atoms with Crippen LogP contribution in [0.4, 0.5) is 5.69 Å². The number of anilines is 1. The topological polar surface area (TPSA) is 157 Å². The van der Waals surface area contributed by atoms with Crippen molar-refractivity contribution in [3.63, 3.8) is 0 Å². The molecular formula is C26H24N4O7S. The van der Waals surface area contributed by atoms with Crippen LogP contribution in [0.1, 0.15) is 24.2 Å². The predicted octanol–water partition coefficient (Wildman–Crippen LogP) is 3.25. The number of aromatic nitrogens is 2. The van der Waals surface area contributed by atoms with Gasteiger partial charge in [0.2, 0.25) is 5.91 Å². The molecule has 0 aliphatic rings. The molecule has 1 aromatic heterocycles. The number of hydrogen-bond donors (Lipinski definition) is 3. The van der Waals surface area contributed by atoms with Gasteiger partial charge >= 0.3 is 5.97 Å². The summed E-state index contributed by atoms with van der Waals surface area (Å²) in [6, 6.07) is 17.4. The molecule has 1 unspecified atom stereocenters. The zero-order valence-electron chi connectivity index (χ0n) is 20.6. The zero-order chi connectivity index (χ0) is 27.4. The summed E-state index contributed by atoms with van der Waals surface area (Å²) in [6.45, 7) is 2.50. The molecule has 11 nitrogen and oxygen atoms in total. The van der Waals surface area contributed by atoms with Gasteiger partial charge in [0.15, 0.2) is 6.10 Å². The lowest BCUT2D eigenvalue weighted by atomic mass is 10.2. The van der Waals surface area contributed by atoms with Gasteiger partial charge in [0.1, 0.15) is 11.6 Å². The first-order chi connectivity index (χ1) is 18.1. The third kappa shape index (κ3) is 5.98. The number of nitrogens with one attached hydrogen (secondary N) is 3. The highest BCUT2D eigenvalue weighted by atomic mass is 32.2. The minimum absolute atomic E-state index is 0.144. The summed E-state index contributed by atoms with van der Waals surface area (Å²) in [6.07, 6.45) is -1.14. The molecule has 0 saturated carbocycles. The Morgan fingerprint density at radius 3 is 2.29 bits per heavy atom. The normalized spacial score (nSPS) is 12.0. The summed E-state index contributed by atoms with van der Waals surface area (Å²) in [5.41, 5.74) is 2.63. The summed E-state index contributed by atoms with van der Waals surface area (Å²) in [5, 5.41) is 2.55. The maximum Gasteiger partial charge on any atom is 0.338 e. The second-order valence-corrected chi connectivity index (χ2v) is 9.95. The van der Waals surface area contributed by atoms with Gasteiger partial charge in [-0.25, -0.2) is 22.9 Å². The molecule has 12 heteroatoms. The standard InChI is InChI=1S/C26H24N4O7S/c1-15(25(32)27-19-7-11-21(12-8-19)38(34,35)30-16(2)31)37-26(33)18-6-13-22-23(14-18)29-24(28-22)17-4-9-20(36-3)10-5-17/h4-15H,1-3H3,(H,27,32)(H,28,29)(H,30,31). The van der Waals surface area contributed by atoms with E-state index in [0.717, 1.165) is 18.2 Å². The number of H-pyrrole nitrogens is 1. The van der Waals surface area contributed by atoms with Crippen molar-refractivity contribution in [1.29, 1.82) is 0 Å². The Morgan fingerprint density at radius 1 is 0.974 bits per heavy atom. The first-order valence-corrected chi connectivity index (χ1v) is 12.8. The van der Waals surface area contributed by atoms with Crippen LogP contribution < -0.4 is 14.8 Å². The van der Waals surface area contributed by atoms with Crippen LogP contribution in [0.25, 0.3) is 22.4 Å². The number of rotatable bonds is 8. The second kappa shape index (κ2) is 10.7. The van der Waals surface area contributed by atoms with Crippen molar-refractivity contribution in [2.75, 3.05) is 12.4 Å². The number of sulfonamides is 1. The smallest absolute Gasteiger partial charge is 0.338 e. The summed E-state index contributed by atoms with van der Waals surface area (Å²) in [5.74, 6) is -0.689. The molecule has 0 spiro atoms. The number of fused-ring (bicyclic) bond motifs is 1. The number of carbonyl (C=O) groups excluding carboxylic acids is 3. The van der Waals surface area contributed by atoms with E-state index in [2.05, 4.69) is 15.3 Å². The molecule has 4 aromatic rings. The van der Waals surface area contributed by atoms with E-state index in [4.69, 9.17) is 9.47 Å². The van der Waals surface area contributed by atoms with Gasteiger partial charge in [-0.15, -0.1) is 0 Å². The van der Waals surface area contributed by atoms with E-state index in [1.807, 2.05) is 29.0 Å². The molecule has 0 bridgehead atoms. The number of amides is 2. The maximum absolute atomic E-state index is 12.7. The second-order valence-electron chi connectivity index (χ2n) is 8.27. The van der Waals surface area contributed by atoms with E-state index < -0.39 is 33.9 Å². The fourth-order valence-electron chi connectivity index (χ4n) is 3.51. The Bertz CT molecular complexity index is 1610. The van der Waals surface area contributed by atoms with Crippen LogP contribution in [0.3, 0.4) is 0 Å². The number of benzene rings is 3. The number of nitrogens with zero attached hydrogens (tertiary/aromatic N) is 1. The minimum Gasteiger partial charge on any atom is -0.497 e. The Labute approximate surface area is 218 Å². The largest absolute Gasteiger partial charge is 0.497 e. The monoisotopic (exact) mass is 536 g/mol. The lowest BCUT2D eigenvalue weighted by molar-refractivity contribution is -0.123. The molecule has 3 N–H and O–H groups in total. The van der Waals surface area contributed by atoms with E-state index in [9.17, 15) is 22.8 Å². The molecule has 1 heterocycles. The average molecular weight is 537 g/mol. The Kier molecular flexibility index (Phi) is 7.44. The van der Waals surface area contributed by atoms with Crippen molar-refractivity contribution in [1.82, 2.24) is 14.7 Å². The van der Waals surface area contributed by atoms with Crippen LogP contribution in [0.5, 0.6) is 5.75 Å². The van der Waals surface area contributed by atoms with Crippen molar-refractivity contribution in [3.8, 4) is 17.1 Å². The minimum atomic E-state index is -3.99. The molecule has 1 atom stereocenters. The van der Waals surface area contributed by atoms with Crippen molar-refractivity contribution in [2.24, 2.45) is 0 Å². The highest BCUT2D eigenvalue weighted by molar-refractivity contribution is 7.90. The van der Waals surface area contributed by atoms with Gasteiger partial charge in [-0.3, -0.25) is 9.59 Å². The van der Waals surface area contributed by atoms with E-state index in [0.29, 0.717) is 16.9 Å².